The zero-order valence-electron chi connectivity index (χ0n) is 28.6. The monoisotopic (exact) mass is 651 g/mol. The van der Waals surface area contributed by atoms with Crippen LogP contribution in [0.15, 0.2) is 36.4 Å². The molecule has 3 aromatic rings. The highest BCUT2D eigenvalue weighted by Crippen LogP contribution is 2.48. The van der Waals surface area contributed by atoms with Gasteiger partial charge in [-0.15, -0.1) is 5.10 Å². The van der Waals surface area contributed by atoms with Crippen LogP contribution in [-0.2, 0) is 23.1 Å². The third kappa shape index (κ3) is 6.56. The van der Waals surface area contributed by atoms with Crippen LogP contribution in [0.1, 0.15) is 110 Å². The van der Waals surface area contributed by atoms with Crippen molar-refractivity contribution in [2.45, 2.75) is 102 Å². The first-order valence-electron chi connectivity index (χ1n) is 16.8. The summed E-state index contributed by atoms with van der Waals surface area (Å²) in [5.41, 5.74) is 3.31. The van der Waals surface area contributed by atoms with Crippen molar-refractivity contribution < 1.29 is 14.4 Å². The number of benzene rings is 2. The first-order chi connectivity index (χ1) is 22.7. The molecular weight excluding hydrogens is 606 g/mol. The fourth-order valence-electron chi connectivity index (χ4n) is 7.43. The third-order valence-electron chi connectivity index (χ3n) is 9.54. The van der Waals surface area contributed by atoms with E-state index in [-0.39, 0.29) is 36.3 Å². The van der Waals surface area contributed by atoms with Gasteiger partial charge in [0.05, 0.1) is 18.0 Å². The average Bonchev–Trinajstić information content (AvgIpc) is 3.39. The van der Waals surface area contributed by atoms with Gasteiger partial charge in [-0.25, -0.2) is 5.10 Å². The maximum Gasteiger partial charge on any atom is 0.251 e. The lowest BCUT2D eigenvalue weighted by atomic mass is 9.69. The van der Waals surface area contributed by atoms with Gasteiger partial charge in [-0.3, -0.25) is 14.4 Å². The molecule has 0 unspecified atom stereocenters. The number of H-pyrrole nitrogens is 1. The summed E-state index contributed by atoms with van der Waals surface area (Å²) >= 11 is 0. The molecule has 6 rings (SSSR count). The summed E-state index contributed by atoms with van der Waals surface area (Å²) in [5.74, 6) is 0.605. The Morgan fingerprint density at radius 2 is 1.52 bits per heavy atom. The second kappa shape index (κ2) is 12.4. The van der Waals surface area contributed by atoms with Crippen LogP contribution in [0.25, 0.3) is 0 Å². The molecule has 1 aromatic heterocycles. The molecule has 2 fully saturated rings. The van der Waals surface area contributed by atoms with E-state index in [1.165, 1.54) is 0 Å². The number of tetrazole rings is 1. The molecule has 3 atom stereocenters. The van der Waals surface area contributed by atoms with Gasteiger partial charge in [0.25, 0.3) is 11.8 Å². The first kappa shape index (κ1) is 33.3. The maximum atomic E-state index is 13.3. The molecule has 1 aliphatic heterocycles. The van der Waals surface area contributed by atoms with Crippen LogP contribution in [0.4, 0.5) is 0 Å². The molecule has 1 saturated heterocycles. The summed E-state index contributed by atoms with van der Waals surface area (Å²) in [4.78, 5) is 41.6. The Kier molecular flexibility index (Phi) is 8.62. The summed E-state index contributed by atoms with van der Waals surface area (Å²) in [6, 6.07) is 13.7. The highest BCUT2D eigenvalue weighted by Gasteiger charge is 2.54. The van der Waals surface area contributed by atoms with E-state index in [4.69, 9.17) is 0 Å². The number of nitrogens with zero attached hydrogens (tertiary/aromatic N) is 5. The van der Waals surface area contributed by atoms with Gasteiger partial charge in [0.1, 0.15) is 6.04 Å². The number of nitrogens with one attached hydrogen (secondary N) is 4. The normalized spacial score (nSPS) is 20.9. The number of likely N-dealkylation sites (tertiary alicyclic amines) is 1. The predicted molar refractivity (Wildman–Crippen MR) is 179 cm³/mol. The van der Waals surface area contributed by atoms with Crippen LogP contribution in [0, 0.1) is 17.2 Å². The Bertz CT molecular complexity index is 1680. The van der Waals surface area contributed by atoms with E-state index in [0.717, 1.165) is 35.1 Å². The molecule has 252 valence electrons. The van der Waals surface area contributed by atoms with E-state index in [1.807, 2.05) is 77.9 Å². The highest BCUT2D eigenvalue weighted by atomic mass is 16.2. The molecule has 0 spiro atoms. The molecular formula is C36H45N9O3. The molecule has 2 aromatic carbocycles. The van der Waals surface area contributed by atoms with Gasteiger partial charge in [-0.2, -0.15) is 5.26 Å². The number of fused-ring (bicyclic) bond motifs is 3. The van der Waals surface area contributed by atoms with E-state index in [1.54, 1.807) is 4.90 Å². The van der Waals surface area contributed by atoms with Crippen molar-refractivity contribution in [3.63, 3.8) is 0 Å². The number of carbonyl (C=O) groups is 3. The van der Waals surface area contributed by atoms with E-state index in [9.17, 15) is 19.6 Å². The van der Waals surface area contributed by atoms with Gasteiger partial charge in [-0.05, 0) is 143 Å². The Morgan fingerprint density at radius 3 is 2.02 bits per heavy atom. The molecule has 48 heavy (non-hydrogen) atoms. The number of amides is 3. The summed E-state index contributed by atoms with van der Waals surface area (Å²) < 4.78 is 0. The maximum absolute atomic E-state index is 13.3. The number of aryl methyl sites for hydroxylation is 2. The second-order valence-electron chi connectivity index (χ2n) is 15.5. The lowest BCUT2D eigenvalue weighted by molar-refractivity contribution is -0.131. The van der Waals surface area contributed by atoms with Crippen molar-refractivity contribution in [1.29, 1.82) is 5.26 Å². The number of rotatable bonds is 8. The van der Waals surface area contributed by atoms with Crippen molar-refractivity contribution in [1.82, 2.24) is 41.5 Å². The van der Waals surface area contributed by atoms with Crippen molar-refractivity contribution in [2.24, 2.45) is 5.92 Å². The summed E-state index contributed by atoms with van der Waals surface area (Å²) in [6.45, 7) is 12.2. The molecule has 12 heteroatoms. The van der Waals surface area contributed by atoms with Crippen LogP contribution in [0.2, 0.25) is 0 Å². The number of aromatic amines is 1. The van der Waals surface area contributed by atoms with Crippen LogP contribution in [-0.4, -0.2) is 79.5 Å². The predicted octanol–water partition coefficient (Wildman–Crippen LogP) is 3.18. The van der Waals surface area contributed by atoms with Gasteiger partial charge in [0.15, 0.2) is 5.82 Å². The SMILES string of the molecule is CC(C)(C)NC(=O)c1ccc2c(c1)CCc1cc(C(=O)NC(C)(C)C)ccc1C2(CCNCC(=O)N1[C@H](C#N)C[C@@H]2C[C@@H]21)c1nnn[nH]1. The van der Waals surface area contributed by atoms with E-state index < -0.39 is 16.5 Å². The minimum Gasteiger partial charge on any atom is -0.347 e. The van der Waals surface area contributed by atoms with Crippen LogP contribution in [0.3, 0.4) is 0 Å². The minimum atomic E-state index is -0.886. The molecule has 0 bridgehead atoms. The lowest BCUT2D eigenvalue weighted by Gasteiger charge is -2.35. The lowest BCUT2D eigenvalue weighted by Crippen LogP contribution is -2.44. The smallest absolute Gasteiger partial charge is 0.251 e. The summed E-state index contributed by atoms with van der Waals surface area (Å²) in [7, 11) is 0. The van der Waals surface area contributed by atoms with Crippen molar-refractivity contribution >= 4 is 17.7 Å². The average molecular weight is 652 g/mol. The summed E-state index contributed by atoms with van der Waals surface area (Å²) in [6.07, 6.45) is 3.47. The van der Waals surface area contributed by atoms with Crippen LogP contribution in [0.5, 0.6) is 0 Å². The summed E-state index contributed by atoms with van der Waals surface area (Å²) in [5, 5.41) is 34.5. The number of nitriles is 1. The van der Waals surface area contributed by atoms with Gasteiger partial charge >= 0.3 is 0 Å². The van der Waals surface area contributed by atoms with Crippen molar-refractivity contribution in [3.05, 3.63) is 75.6 Å². The number of piperidine rings is 1. The largest absolute Gasteiger partial charge is 0.347 e. The van der Waals surface area contributed by atoms with Gasteiger partial charge in [0, 0.05) is 28.2 Å². The quantitative estimate of drug-likeness (QED) is 0.269. The van der Waals surface area contributed by atoms with Crippen molar-refractivity contribution in [3.8, 4) is 6.07 Å². The molecule has 0 radical (unpaired) electrons. The Morgan fingerprint density at radius 1 is 0.938 bits per heavy atom. The van der Waals surface area contributed by atoms with Crippen LogP contribution < -0.4 is 16.0 Å². The molecule has 3 amide bonds. The van der Waals surface area contributed by atoms with Gasteiger partial charge < -0.3 is 20.9 Å². The molecule has 1 saturated carbocycles. The van der Waals surface area contributed by atoms with E-state index in [0.29, 0.717) is 48.7 Å². The first-order valence-corrected chi connectivity index (χ1v) is 16.8. The van der Waals surface area contributed by atoms with Gasteiger partial charge in [0.2, 0.25) is 5.91 Å². The Balaban J connectivity index is 1.38. The number of hydrogen-bond donors (Lipinski definition) is 4. The van der Waals surface area contributed by atoms with Crippen LogP contribution >= 0.6 is 0 Å². The van der Waals surface area contributed by atoms with E-state index in [2.05, 4.69) is 42.6 Å². The number of carbonyl (C=O) groups excluding carboxylic acids is 3. The Labute approximate surface area is 281 Å². The minimum absolute atomic E-state index is 0.0624. The third-order valence-corrected chi connectivity index (χ3v) is 9.54. The zero-order chi connectivity index (χ0) is 34.4. The molecule has 12 nitrogen and oxygen atoms in total. The molecule has 4 N–H and O–H groups in total. The zero-order valence-corrected chi connectivity index (χ0v) is 28.6. The number of aromatic nitrogens is 4. The molecule has 2 aliphatic carbocycles. The number of hydrogen-bond acceptors (Lipinski definition) is 8. The van der Waals surface area contributed by atoms with Gasteiger partial charge in [-0.1, -0.05) is 12.1 Å². The second-order valence-corrected chi connectivity index (χ2v) is 15.5. The fourth-order valence-corrected chi connectivity index (χ4v) is 7.43. The van der Waals surface area contributed by atoms with Crippen molar-refractivity contribution in [2.75, 3.05) is 13.1 Å². The standard InChI is InChI=1S/C36H45N9O3/c1-34(2,3)39-31(47)23-9-11-27-21(15-23)7-8-22-16-24(32(48)40-35(4,5)6)10-12-28(22)36(27,33-41-43-44-42-33)13-14-38-20-30(46)45-26(19-37)17-25-18-29(25)45/h9-12,15-16,25-26,29,38H,7-8,13-14,17-18,20H2,1-6H3,(H,39,47)(H,40,48)(H,41,42,43,44)/t25-,26+,29+/m1/s1. The topological polar surface area (TPSA) is 169 Å². The Hall–Kier alpha value is -4.63. The fraction of sp³-hybridized carbons (Fsp3) is 0.528. The molecule has 2 heterocycles. The van der Waals surface area contributed by atoms with E-state index >= 15 is 0 Å². The highest BCUT2D eigenvalue weighted by molar-refractivity contribution is 5.96. The molecule has 3 aliphatic rings.